The highest BCUT2D eigenvalue weighted by Gasteiger charge is 2.66. The van der Waals surface area contributed by atoms with Gasteiger partial charge in [0, 0.05) is 36.0 Å². The maximum absolute atomic E-state index is 14.6. The molecule has 0 N–H and O–H groups in total. The number of ether oxygens (including phenoxy) is 1. The fourth-order valence-corrected chi connectivity index (χ4v) is 5.15. The fourth-order valence-electron chi connectivity index (χ4n) is 5.15. The normalized spacial score (nSPS) is 21.3. The molecule has 0 spiro atoms. The number of alkyl halides is 3. The Morgan fingerprint density at radius 3 is 2.32 bits per heavy atom. The highest BCUT2D eigenvalue weighted by molar-refractivity contribution is 5.32. The molecule has 2 aromatic rings. The lowest BCUT2D eigenvalue weighted by atomic mass is 9.67. The summed E-state index contributed by atoms with van der Waals surface area (Å²) in [6.07, 6.45) is -1.52. The van der Waals surface area contributed by atoms with Crippen LogP contribution in [0.5, 0.6) is 0 Å². The predicted molar refractivity (Wildman–Crippen MR) is 126 cm³/mol. The van der Waals surface area contributed by atoms with Crippen molar-refractivity contribution in [2.75, 3.05) is 19.7 Å². The van der Waals surface area contributed by atoms with E-state index in [0.29, 0.717) is 31.4 Å². The van der Waals surface area contributed by atoms with Crippen LogP contribution in [-0.2, 0) is 16.7 Å². The number of nitrogens with zero attached hydrogens (tertiary/aromatic N) is 3. The van der Waals surface area contributed by atoms with Crippen molar-refractivity contribution in [3.8, 4) is 6.07 Å². The van der Waals surface area contributed by atoms with E-state index in [1.54, 1.807) is 19.1 Å². The summed E-state index contributed by atoms with van der Waals surface area (Å²) >= 11 is 0. The van der Waals surface area contributed by atoms with E-state index in [2.05, 4.69) is 16.0 Å². The van der Waals surface area contributed by atoms with Crippen LogP contribution in [0.4, 0.5) is 13.2 Å². The summed E-state index contributed by atoms with van der Waals surface area (Å²) in [4.78, 5) is 6.55. The van der Waals surface area contributed by atoms with Gasteiger partial charge in [0.05, 0.1) is 11.6 Å². The zero-order valence-corrected chi connectivity index (χ0v) is 20.7. The Hall–Kier alpha value is -2.43. The predicted octanol–water partition coefficient (Wildman–Crippen LogP) is 6.18. The van der Waals surface area contributed by atoms with Gasteiger partial charge >= 0.3 is 6.18 Å². The number of aryl methyl sites for hydroxylation is 2. The number of nitriles is 1. The van der Waals surface area contributed by atoms with Crippen molar-refractivity contribution >= 4 is 0 Å². The van der Waals surface area contributed by atoms with Gasteiger partial charge in [-0.25, -0.2) is 0 Å². The molecule has 1 aliphatic rings. The number of likely N-dealkylation sites (tertiary alicyclic amines) is 1. The summed E-state index contributed by atoms with van der Waals surface area (Å²) in [5, 5.41) is 9.04. The average Bonchev–Trinajstić information content (AvgIpc) is 3.25. The molecule has 1 aliphatic heterocycles. The van der Waals surface area contributed by atoms with Crippen LogP contribution in [0.1, 0.15) is 62.9 Å². The van der Waals surface area contributed by atoms with E-state index in [4.69, 9.17) is 10.00 Å². The van der Waals surface area contributed by atoms with E-state index in [1.807, 2.05) is 51.2 Å². The molecule has 2 atom stereocenters. The maximum atomic E-state index is 14.6. The number of hydrogen-bond acceptors (Lipinski definition) is 4. The molecule has 1 aromatic carbocycles. The third kappa shape index (κ3) is 4.85. The summed E-state index contributed by atoms with van der Waals surface area (Å²) in [5.74, 6) is 0. The second-order valence-electron chi connectivity index (χ2n) is 9.97. The quantitative estimate of drug-likeness (QED) is 0.459. The molecule has 0 bridgehead atoms. The van der Waals surface area contributed by atoms with Gasteiger partial charge in [-0.2, -0.15) is 18.4 Å². The Labute approximate surface area is 200 Å². The van der Waals surface area contributed by atoms with E-state index < -0.39 is 22.7 Å². The van der Waals surface area contributed by atoms with Gasteiger partial charge in [-0.1, -0.05) is 18.2 Å². The van der Waals surface area contributed by atoms with Gasteiger partial charge in [0.2, 0.25) is 0 Å². The zero-order valence-electron chi connectivity index (χ0n) is 20.7. The van der Waals surface area contributed by atoms with Crippen molar-refractivity contribution in [3.05, 3.63) is 65.0 Å². The molecule has 34 heavy (non-hydrogen) atoms. The molecule has 7 heteroatoms. The van der Waals surface area contributed by atoms with Crippen molar-refractivity contribution in [2.24, 2.45) is 5.41 Å². The van der Waals surface area contributed by atoms with Crippen LogP contribution >= 0.6 is 0 Å². The van der Waals surface area contributed by atoms with Gasteiger partial charge in [-0.05, 0) is 89.8 Å². The third-order valence-corrected chi connectivity index (χ3v) is 7.72. The Balaban J connectivity index is 1.96. The molecule has 0 radical (unpaired) electrons. The number of halogens is 3. The Morgan fingerprint density at radius 1 is 1.12 bits per heavy atom. The van der Waals surface area contributed by atoms with Crippen molar-refractivity contribution < 1.29 is 17.9 Å². The molecule has 184 valence electrons. The highest BCUT2D eigenvalue weighted by Crippen LogP contribution is 2.55. The van der Waals surface area contributed by atoms with E-state index in [0.717, 1.165) is 16.8 Å². The first kappa shape index (κ1) is 26.2. The van der Waals surface area contributed by atoms with Crippen molar-refractivity contribution in [2.45, 2.75) is 71.2 Å². The minimum Gasteiger partial charge on any atom is -0.365 e. The lowest BCUT2D eigenvalue weighted by Gasteiger charge is -2.48. The molecule has 1 saturated heterocycles. The summed E-state index contributed by atoms with van der Waals surface area (Å²) in [6, 6.07) is 13.1. The summed E-state index contributed by atoms with van der Waals surface area (Å²) < 4.78 is 49.4. The van der Waals surface area contributed by atoms with E-state index in [1.165, 1.54) is 6.92 Å². The SMILES string of the molecule is CCOC(C)(C(F)(F)F)C1(CCc2ccc(C#N)cc2)CCN(C(C)(C)c2ccc(C)nc2)C1. The monoisotopic (exact) mass is 473 g/mol. The van der Waals surface area contributed by atoms with Crippen molar-refractivity contribution in [3.63, 3.8) is 0 Å². The lowest BCUT2D eigenvalue weighted by molar-refractivity contribution is -0.311. The molecule has 0 aliphatic carbocycles. The molecule has 0 amide bonds. The maximum Gasteiger partial charge on any atom is 0.417 e. The first-order valence-corrected chi connectivity index (χ1v) is 11.8. The Bertz CT molecular complexity index is 1010. The van der Waals surface area contributed by atoms with Gasteiger partial charge in [0.1, 0.15) is 0 Å². The van der Waals surface area contributed by atoms with Crippen LogP contribution in [0.25, 0.3) is 0 Å². The molecule has 0 saturated carbocycles. The topological polar surface area (TPSA) is 49.1 Å². The number of aromatic nitrogens is 1. The van der Waals surface area contributed by atoms with Crippen LogP contribution in [0.3, 0.4) is 0 Å². The van der Waals surface area contributed by atoms with Gasteiger partial charge < -0.3 is 4.74 Å². The smallest absolute Gasteiger partial charge is 0.365 e. The Morgan fingerprint density at radius 2 is 1.79 bits per heavy atom. The standard InChI is InChI=1S/C27H34F3N3O/c1-6-34-25(5,27(28,29)30)26(14-13-21-8-10-22(17-31)11-9-21)15-16-33(19-26)24(3,4)23-12-7-20(2)32-18-23/h7-12,18H,6,13-16,19H2,1-5H3. The second-order valence-corrected chi connectivity index (χ2v) is 9.97. The minimum absolute atomic E-state index is 0.0140. The van der Waals surface area contributed by atoms with Gasteiger partial charge in [0.25, 0.3) is 0 Å². The minimum atomic E-state index is -4.51. The number of hydrogen-bond donors (Lipinski definition) is 0. The number of rotatable bonds is 8. The summed E-state index contributed by atoms with van der Waals surface area (Å²) in [7, 11) is 0. The zero-order chi connectivity index (χ0) is 25.2. The van der Waals surface area contributed by atoms with Gasteiger partial charge in [0.15, 0.2) is 5.60 Å². The molecule has 3 rings (SSSR count). The summed E-state index contributed by atoms with van der Waals surface area (Å²) in [6.45, 7) is 9.63. The van der Waals surface area contributed by atoms with Gasteiger partial charge in [-0.15, -0.1) is 0 Å². The van der Waals surface area contributed by atoms with Crippen LogP contribution in [-0.4, -0.2) is 41.4 Å². The Kier molecular flexibility index (Phi) is 7.45. The highest BCUT2D eigenvalue weighted by atomic mass is 19.4. The number of benzene rings is 1. The largest absolute Gasteiger partial charge is 0.417 e. The van der Waals surface area contributed by atoms with Crippen LogP contribution < -0.4 is 0 Å². The third-order valence-electron chi connectivity index (χ3n) is 7.72. The van der Waals surface area contributed by atoms with E-state index in [9.17, 15) is 13.2 Å². The van der Waals surface area contributed by atoms with E-state index in [-0.39, 0.29) is 13.2 Å². The molecule has 1 fully saturated rings. The van der Waals surface area contributed by atoms with E-state index >= 15 is 0 Å². The lowest BCUT2D eigenvalue weighted by Crippen LogP contribution is -2.60. The molecular formula is C27H34F3N3O. The molecular weight excluding hydrogens is 439 g/mol. The van der Waals surface area contributed by atoms with Crippen molar-refractivity contribution in [1.82, 2.24) is 9.88 Å². The molecule has 4 nitrogen and oxygen atoms in total. The second kappa shape index (κ2) is 9.67. The van der Waals surface area contributed by atoms with Crippen molar-refractivity contribution in [1.29, 1.82) is 5.26 Å². The van der Waals surface area contributed by atoms with Crippen LogP contribution in [0.15, 0.2) is 42.6 Å². The molecule has 2 unspecified atom stereocenters. The first-order chi connectivity index (χ1) is 15.9. The number of pyridine rings is 1. The summed E-state index contributed by atoms with van der Waals surface area (Å²) in [5.41, 5.74) is -0.546. The fraction of sp³-hybridized carbons (Fsp3) is 0.556. The average molecular weight is 474 g/mol. The van der Waals surface area contributed by atoms with Crippen LogP contribution in [0, 0.1) is 23.7 Å². The van der Waals surface area contributed by atoms with Gasteiger partial charge in [-0.3, -0.25) is 9.88 Å². The van der Waals surface area contributed by atoms with Crippen LogP contribution in [0.2, 0.25) is 0 Å². The molecule has 1 aromatic heterocycles. The molecule has 2 heterocycles. The first-order valence-electron chi connectivity index (χ1n) is 11.8.